The second-order valence-electron chi connectivity index (χ2n) is 6.17. The van der Waals surface area contributed by atoms with Crippen LogP contribution < -0.4 is 10.6 Å². The molecule has 1 amide bonds. The smallest absolute Gasteiger partial charge is 0.272 e. The van der Waals surface area contributed by atoms with Gasteiger partial charge in [-0.1, -0.05) is 29.8 Å². The van der Waals surface area contributed by atoms with E-state index in [4.69, 9.17) is 11.6 Å². The maximum atomic E-state index is 12.5. The van der Waals surface area contributed by atoms with Gasteiger partial charge in [-0.15, -0.1) is 12.4 Å². The van der Waals surface area contributed by atoms with Crippen molar-refractivity contribution in [1.82, 2.24) is 25.7 Å². The maximum absolute atomic E-state index is 12.5. The molecule has 0 saturated heterocycles. The highest BCUT2D eigenvalue weighted by molar-refractivity contribution is 6.31. The van der Waals surface area contributed by atoms with Gasteiger partial charge in [-0.2, -0.15) is 5.10 Å². The van der Waals surface area contributed by atoms with Crippen LogP contribution in [0.5, 0.6) is 0 Å². The lowest BCUT2D eigenvalue weighted by Crippen LogP contribution is -2.35. The summed E-state index contributed by atoms with van der Waals surface area (Å²) in [5.74, 6) is -0.157. The first-order chi connectivity index (χ1) is 11.6. The second-order valence-corrected chi connectivity index (χ2v) is 6.57. The zero-order valence-electron chi connectivity index (χ0n) is 14.3. The Kier molecular flexibility index (Phi) is 6.84. The van der Waals surface area contributed by atoms with Crippen LogP contribution in [-0.2, 0) is 13.0 Å². The van der Waals surface area contributed by atoms with E-state index in [-0.39, 0.29) is 24.4 Å². The Morgan fingerprint density at radius 1 is 1.40 bits per heavy atom. The fourth-order valence-corrected chi connectivity index (χ4v) is 3.26. The van der Waals surface area contributed by atoms with Crippen LogP contribution in [0.1, 0.15) is 33.4 Å². The number of carbonyl (C=O) groups is 1. The highest BCUT2D eigenvalue weighted by Crippen LogP contribution is 2.25. The molecule has 1 unspecified atom stereocenters. The molecule has 136 valence electrons. The molecule has 1 aromatic heterocycles. The number of nitrogens with one attached hydrogen (secondary N) is 3. The van der Waals surface area contributed by atoms with Crippen LogP contribution >= 0.6 is 24.0 Å². The summed E-state index contributed by atoms with van der Waals surface area (Å²) in [6.07, 6.45) is 0.871. The van der Waals surface area contributed by atoms with Gasteiger partial charge in [-0.3, -0.25) is 9.89 Å². The number of aromatic nitrogens is 2. The molecule has 2 aromatic rings. The number of likely N-dealkylation sites (N-methyl/N-ethyl adjacent to an activating group) is 1. The summed E-state index contributed by atoms with van der Waals surface area (Å²) < 4.78 is 0. The van der Waals surface area contributed by atoms with Gasteiger partial charge < -0.3 is 15.5 Å². The number of amides is 1. The zero-order valence-corrected chi connectivity index (χ0v) is 15.9. The summed E-state index contributed by atoms with van der Waals surface area (Å²) in [4.78, 5) is 14.6. The Morgan fingerprint density at radius 2 is 2.16 bits per heavy atom. The number of H-pyrrole nitrogens is 1. The fourth-order valence-electron chi connectivity index (χ4n) is 3.00. The van der Waals surface area contributed by atoms with Gasteiger partial charge in [0.2, 0.25) is 0 Å². The van der Waals surface area contributed by atoms with Crippen molar-refractivity contribution in [2.75, 3.05) is 27.2 Å². The average Bonchev–Trinajstić information content (AvgIpc) is 3.00. The number of rotatable bonds is 5. The van der Waals surface area contributed by atoms with Crippen molar-refractivity contribution in [3.05, 3.63) is 51.8 Å². The summed E-state index contributed by atoms with van der Waals surface area (Å²) >= 11 is 6.31. The molecule has 3 rings (SSSR count). The predicted octanol–water partition coefficient (Wildman–Crippen LogP) is 2.16. The van der Waals surface area contributed by atoms with Crippen molar-refractivity contribution < 1.29 is 4.79 Å². The van der Waals surface area contributed by atoms with Gasteiger partial charge in [0.25, 0.3) is 5.91 Å². The highest BCUT2D eigenvalue weighted by Gasteiger charge is 2.23. The van der Waals surface area contributed by atoms with Gasteiger partial charge in [0, 0.05) is 42.3 Å². The van der Waals surface area contributed by atoms with Gasteiger partial charge in [0.15, 0.2) is 5.69 Å². The Labute approximate surface area is 158 Å². The number of aromatic amines is 1. The molecule has 1 aromatic carbocycles. The van der Waals surface area contributed by atoms with E-state index in [0.717, 1.165) is 29.8 Å². The molecule has 1 aliphatic rings. The number of nitrogens with zero attached hydrogens (tertiary/aromatic N) is 2. The van der Waals surface area contributed by atoms with E-state index in [0.29, 0.717) is 23.8 Å². The van der Waals surface area contributed by atoms with Gasteiger partial charge >= 0.3 is 0 Å². The number of halogens is 2. The molecule has 0 fully saturated rings. The van der Waals surface area contributed by atoms with E-state index < -0.39 is 0 Å². The van der Waals surface area contributed by atoms with Gasteiger partial charge in [0.1, 0.15) is 0 Å². The lowest BCUT2D eigenvalue weighted by Gasteiger charge is -2.26. The van der Waals surface area contributed by atoms with Crippen molar-refractivity contribution in [3.8, 4) is 0 Å². The summed E-state index contributed by atoms with van der Waals surface area (Å²) in [6.45, 7) is 2.05. The number of fused-ring (bicyclic) bond motifs is 1. The number of hydrogen-bond donors (Lipinski definition) is 3. The van der Waals surface area contributed by atoms with Crippen molar-refractivity contribution in [2.45, 2.75) is 19.0 Å². The fraction of sp³-hybridized carbons (Fsp3) is 0.412. The number of hydrogen-bond acceptors (Lipinski definition) is 4. The third kappa shape index (κ3) is 4.33. The molecular formula is C17H23Cl2N5O. The monoisotopic (exact) mass is 383 g/mol. The van der Waals surface area contributed by atoms with Gasteiger partial charge in [-0.05, 0) is 25.7 Å². The molecule has 0 bridgehead atoms. The van der Waals surface area contributed by atoms with Crippen molar-refractivity contribution in [3.63, 3.8) is 0 Å². The topological polar surface area (TPSA) is 73.0 Å². The lowest BCUT2D eigenvalue weighted by atomic mass is 10.0. The molecule has 8 heteroatoms. The lowest BCUT2D eigenvalue weighted by molar-refractivity contribution is 0.0935. The Balaban J connectivity index is 0.00000225. The SMILES string of the molecule is CN(C)C(CNC(=O)c1n[nH]c2c1CNCC2)c1ccccc1Cl.Cl. The molecule has 25 heavy (non-hydrogen) atoms. The molecule has 0 spiro atoms. The molecule has 3 N–H and O–H groups in total. The third-order valence-corrected chi connectivity index (χ3v) is 4.71. The van der Waals surface area contributed by atoms with Crippen molar-refractivity contribution in [2.24, 2.45) is 0 Å². The number of carbonyl (C=O) groups excluding carboxylic acids is 1. The minimum absolute atomic E-state index is 0. The maximum Gasteiger partial charge on any atom is 0.272 e. The molecule has 1 aliphatic heterocycles. The van der Waals surface area contributed by atoms with Crippen LogP contribution in [0.3, 0.4) is 0 Å². The Morgan fingerprint density at radius 3 is 2.88 bits per heavy atom. The summed E-state index contributed by atoms with van der Waals surface area (Å²) in [7, 11) is 3.95. The first-order valence-corrected chi connectivity index (χ1v) is 8.41. The largest absolute Gasteiger partial charge is 0.349 e. The minimum Gasteiger partial charge on any atom is -0.349 e. The summed E-state index contributed by atoms with van der Waals surface area (Å²) in [6, 6.07) is 7.70. The molecule has 0 saturated carbocycles. The van der Waals surface area contributed by atoms with E-state index in [9.17, 15) is 4.79 Å². The molecule has 1 atom stereocenters. The van der Waals surface area contributed by atoms with Gasteiger partial charge in [-0.25, -0.2) is 0 Å². The van der Waals surface area contributed by atoms with Crippen LogP contribution in [0.4, 0.5) is 0 Å². The highest BCUT2D eigenvalue weighted by atomic mass is 35.5. The first kappa shape index (κ1) is 19.7. The third-order valence-electron chi connectivity index (χ3n) is 4.36. The summed E-state index contributed by atoms with van der Waals surface area (Å²) in [5, 5.41) is 14.1. The van der Waals surface area contributed by atoms with Crippen LogP contribution in [0.25, 0.3) is 0 Å². The van der Waals surface area contributed by atoms with Crippen molar-refractivity contribution in [1.29, 1.82) is 0 Å². The Bertz CT molecular complexity index is 732. The van der Waals surface area contributed by atoms with Crippen LogP contribution in [0, 0.1) is 0 Å². The molecule has 0 radical (unpaired) electrons. The molecule has 2 heterocycles. The molecule has 0 aliphatic carbocycles. The van der Waals surface area contributed by atoms with E-state index in [1.165, 1.54) is 0 Å². The van der Waals surface area contributed by atoms with E-state index in [2.05, 4.69) is 20.8 Å². The predicted molar refractivity (Wildman–Crippen MR) is 101 cm³/mol. The normalized spacial score (nSPS) is 14.6. The second kappa shape index (κ2) is 8.67. The quantitative estimate of drug-likeness (QED) is 0.739. The van der Waals surface area contributed by atoms with Crippen molar-refractivity contribution >= 4 is 29.9 Å². The van der Waals surface area contributed by atoms with Crippen LogP contribution in [0.2, 0.25) is 5.02 Å². The number of benzene rings is 1. The van der Waals surface area contributed by atoms with E-state index >= 15 is 0 Å². The zero-order chi connectivity index (χ0) is 17.1. The Hall–Kier alpha value is -1.60. The summed E-state index contributed by atoms with van der Waals surface area (Å²) in [5.41, 5.74) is 3.50. The standard InChI is InChI=1S/C17H22ClN5O.ClH/c1-23(2)15(11-5-3-4-6-13(11)18)10-20-17(24)16-12-9-19-8-7-14(12)21-22-16;/h3-6,15,19H,7-10H2,1-2H3,(H,20,24)(H,21,22);1H. The van der Waals surface area contributed by atoms with Crippen LogP contribution in [0.15, 0.2) is 24.3 Å². The average molecular weight is 384 g/mol. The van der Waals surface area contributed by atoms with E-state index in [1.807, 2.05) is 43.3 Å². The minimum atomic E-state index is -0.157. The van der Waals surface area contributed by atoms with Gasteiger partial charge in [0.05, 0.1) is 6.04 Å². The van der Waals surface area contributed by atoms with E-state index in [1.54, 1.807) is 0 Å². The van der Waals surface area contributed by atoms with Crippen LogP contribution in [-0.4, -0.2) is 48.2 Å². The molecular weight excluding hydrogens is 361 g/mol. The first-order valence-electron chi connectivity index (χ1n) is 8.03. The molecule has 6 nitrogen and oxygen atoms in total.